The summed E-state index contributed by atoms with van der Waals surface area (Å²) < 4.78 is 18.0. The number of benzene rings is 1. The quantitative estimate of drug-likeness (QED) is 0.858. The van der Waals surface area contributed by atoms with Crippen molar-refractivity contribution >= 4 is 0 Å². The predicted molar refractivity (Wildman–Crippen MR) is 65.7 cm³/mol. The maximum atomic E-state index is 12.8. The van der Waals surface area contributed by atoms with Crippen molar-refractivity contribution in [3.8, 4) is 11.4 Å². The second-order valence-corrected chi connectivity index (χ2v) is 4.71. The number of hydrogen-bond donors (Lipinski definition) is 2. The molecule has 2 aromatic rings. The van der Waals surface area contributed by atoms with Gasteiger partial charge in [-0.15, -0.1) is 0 Å². The average Bonchev–Trinajstić information content (AvgIpc) is 2.91. The van der Waals surface area contributed by atoms with E-state index in [2.05, 4.69) is 15.5 Å². The molecule has 2 heterocycles. The van der Waals surface area contributed by atoms with Crippen LogP contribution in [0.15, 0.2) is 28.8 Å². The Morgan fingerprint density at radius 3 is 2.58 bits per heavy atom. The van der Waals surface area contributed by atoms with Crippen molar-refractivity contribution in [2.75, 3.05) is 13.1 Å². The van der Waals surface area contributed by atoms with Gasteiger partial charge < -0.3 is 14.9 Å². The van der Waals surface area contributed by atoms with Crippen LogP contribution in [0.2, 0.25) is 0 Å². The van der Waals surface area contributed by atoms with Gasteiger partial charge in [-0.2, -0.15) is 4.98 Å². The van der Waals surface area contributed by atoms with Crippen molar-refractivity contribution in [1.82, 2.24) is 15.5 Å². The molecule has 6 heteroatoms. The molecule has 1 fully saturated rings. The third-order valence-electron chi connectivity index (χ3n) is 3.36. The Morgan fingerprint density at radius 2 is 1.89 bits per heavy atom. The second-order valence-electron chi connectivity index (χ2n) is 4.71. The fourth-order valence-electron chi connectivity index (χ4n) is 2.18. The first kappa shape index (κ1) is 12.3. The molecule has 0 radical (unpaired) electrons. The molecule has 5 nitrogen and oxygen atoms in total. The van der Waals surface area contributed by atoms with E-state index in [1.165, 1.54) is 12.1 Å². The Kier molecular flexibility index (Phi) is 3.04. The molecule has 0 atom stereocenters. The lowest BCUT2D eigenvalue weighted by molar-refractivity contribution is -0.0228. The van der Waals surface area contributed by atoms with E-state index in [0.29, 0.717) is 37.3 Å². The summed E-state index contributed by atoms with van der Waals surface area (Å²) in [6.45, 7) is 1.43. The number of aliphatic hydroxyl groups is 1. The molecular formula is C13H14FN3O2. The smallest absolute Gasteiger partial charge is 0.259 e. The normalized spacial score (nSPS) is 18.4. The van der Waals surface area contributed by atoms with E-state index < -0.39 is 5.60 Å². The summed E-state index contributed by atoms with van der Waals surface area (Å²) in [7, 11) is 0. The minimum atomic E-state index is -1.06. The molecule has 0 saturated carbocycles. The highest BCUT2D eigenvalue weighted by Gasteiger charge is 2.37. The number of aromatic nitrogens is 2. The van der Waals surface area contributed by atoms with E-state index in [1.54, 1.807) is 12.1 Å². The first-order chi connectivity index (χ1) is 9.17. The van der Waals surface area contributed by atoms with Gasteiger partial charge in [-0.1, -0.05) is 5.16 Å². The van der Waals surface area contributed by atoms with E-state index in [9.17, 15) is 9.50 Å². The molecule has 0 aliphatic carbocycles. The van der Waals surface area contributed by atoms with Gasteiger partial charge in [-0.25, -0.2) is 4.39 Å². The van der Waals surface area contributed by atoms with E-state index in [0.717, 1.165) is 0 Å². The average molecular weight is 263 g/mol. The van der Waals surface area contributed by atoms with Crippen LogP contribution in [0.25, 0.3) is 11.4 Å². The van der Waals surface area contributed by atoms with Gasteiger partial charge in [0.1, 0.15) is 11.4 Å². The molecule has 2 N–H and O–H groups in total. The standard InChI is InChI=1S/C13H14FN3O2/c14-10-3-1-9(2-4-10)11-16-12(19-17-11)13(18)5-7-15-8-6-13/h1-4,15,18H,5-8H2. The third-order valence-corrected chi connectivity index (χ3v) is 3.36. The largest absolute Gasteiger partial charge is 0.380 e. The van der Waals surface area contributed by atoms with Crippen LogP contribution in [-0.4, -0.2) is 28.3 Å². The van der Waals surface area contributed by atoms with Gasteiger partial charge in [0, 0.05) is 5.56 Å². The fraction of sp³-hybridized carbons (Fsp3) is 0.385. The summed E-state index contributed by atoms with van der Waals surface area (Å²) in [4.78, 5) is 4.23. The summed E-state index contributed by atoms with van der Waals surface area (Å²) in [6.07, 6.45) is 1.08. The number of hydrogen-bond acceptors (Lipinski definition) is 5. The lowest BCUT2D eigenvalue weighted by Crippen LogP contribution is -2.39. The Bertz CT molecular complexity index is 562. The van der Waals surface area contributed by atoms with Crippen molar-refractivity contribution < 1.29 is 14.0 Å². The molecule has 0 spiro atoms. The Morgan fingerprint density at radius 1 is 1.21 bits per heavy atom. The topological polar surface area (TPSA) is 71.2 Å². The van der Waals surface area contributed by atoms with Crippen LogP contribution < -0.4 is 5.32 Å². The van der Waals surface area contributed by atoms with Gasteiger partial charge >= 0.3 is 0 Å². The van der Waals surface area contributed by atoms with Gasteiger partial charge in [0.25, 0.3) is 5.89 Å². The summed E-state index contributed by atoms with van der Waals surface area (Å²) in [5.41, 5.74) is -0.398. The maximum absolute atomic E-state index is 12.8. The minimum absolute atomic E-state index is 0.230. The molecule has 19 heavy (non-hydrogen) atoms. The van der Waals surface area contributed by atoms with Crippen LogP contribution in [0.1, 0.15) is 18.7 Å². The summed E-state index contributed by atoms with van der Waals surface area (Å²) in [5, 5.41) is 17.5. The zero-order valence-electron chi connectivity index (χ0n) is 10.3. The first-order valence-corrected chi connectivity index (χ1v) is 6.21. The second kappa shape index (κ2) is 4.71. The van der Waals surface area contributed by atoms with Crippen LogP contribution in [0, 0.1) is 5.82 Å². The first-order valence-electron chi connectivity index (χ1n) is 6.21. The van der Waals surface area contributed by atoms with Crippen LogP contribution in [0.3, 0.4) is 0 Å². The van der Waals surface area contributed by atoms with Crippen molar-refractivity contribution in [3.05, 3.63) is 36.0 Å². The zero-order valence-corrected chi connectivity index (χ0v) is 10.3. The zero-order chi connectivity index (χ0) is 13.3. The number of piperidine rings is 1. The molecule has 3 rings (SSSR count). The molecule has 1 aliphatic rings. The SMILES string of the molecule is OC1(c2nc(-c3ccc(F)cc3)no2)CCNCC1. The van der Waals surface area contributed by atoms with Crippen LogP contribution in [0.4, 0.5) is 4.39 Å². The summed E-state index contributed by atoms with van der Waals surface area (Å²) >= 11 is 0. The van der Waals surface area contributed by atoms with Gasteiger partial charge in [0.2, 0.25) is 5.82 Å². The molecule has 1 aliphatic heterocycles. The van der Waals surface area contributed by atoms with Crippen molar-refractivity contribution in [2.24, 2.45) is 0 Å². The lowest BCUT2D eigenvalue weighted by atomic mass is 9.92. The highest BCUT2D eigenvalue weighted by molar-refractivity contribution is 5.53. The van der Waals surface area contributed by atoms with Crippen molar-refractivity contribution in [1.29, 1.82) is 0 Å². The van der Waals surface area contributed by atoms with Crippen molar-refractivity contribution in [3.63, 3.8) is 0 Å². The van der Waals surface area contributed by atoms with E-state index in [4.69, 9.17) is 4.52 Å². The van der Waals surface area contributed by atoms with Gasteiger partial charge in [-0.3, -0.25) is 0 Å². The minimum Gasteiger partial charge on any atom is -0.380 e. The molecule has 1 aromatic carbocycles. The number of nitrogens with zero attached hydrogens (tertiary/aromatic N) is 2. The molecule has 0 bridgehead atoms. The summed E-state index contributed by atoms with van der Waals surface area (Å²) in [6, 6.07) is 5.84. The van der Waals surface area contributed by atoms with Crippen LogP contribution in [-0.2, 0) is 5.60 Å². The fourth-order valence-corrected chi connectivity index (χ4v) is 2.18. The number of halogens is 1. The molecular weight excluding hydrogens is 249 g/mol. The van der Waals surface area contributed by atoms with Gasteiger partial charge in [0.15, 0.2) is 0 Å². The molecule has 0 unspecified atom stereocenters. The van der Waals surface area contributed by atoms with Crippen LogP contribution >= 0.6 is 0 Å². The highest BCUT2D eigenvalue weighted by Crippen LogP contribution is 2.30. The molecule has 100 valence electrons. The Labute approximate surface area is 109 Å². The monoisotopic (exact) mass is 263 g/mol. The number of rotatable bonds is 2. The van der Waals surface area contributed by atoms with Crippen LogP contribution in [0.5, 0.6) is 0 Å². The van der Waals surface area contributed by atoms with Gasteiger partial charge in [-0.05, 0) is 50.2 Å². The Hall–Kier alpha value is -1.79. The van der Waals surface area contributed by atoms with E-state index >= 15 is 0 Å². The number of nitrogens with one attached hydrogen (secondary N) is 1. The maximum Gasteiger partial charge on any atom is 0.259 e. The molecule has 0 amide bonds. The van der Waals surface area contributed by atoms with E-state index in [1.807, 2.05) is 0 Å². The van der Waals surface area contributed by atoms with Gasteiger partial charge in [0.05, 0.1) is 0 Å². The highest BCUT2D eigenvalue weighted by atomic mass is 19.1. The predicted octanol–water partition coefficient (Wildman–Crippen LogP) is 1.45. The lowest BCUT2D eigenvalue weighted by Gasteiger charge is -2.28. The Balaban J connectivity index is 1.88. The van der Waals surface area contributed by atoms with Crippen molar-refractivity contribution in [2.45, 2.75) is 18.4 Å². The molecule has 1 aromatic heterocycles. The summed E-state index contributed by atoms with van der Waals surface area (Å²) in [5.74, 6) is 0.278. The molecule has 1 saturated heterocycles. The third kappa shape index (κ3) is 2.36. The van der Waals surface area contributed by atoms with E-state index in [-0.39, 0.29) is 11.7 Å².